The molecule has 16 heavy (non-hydrogen) atoms. The fourth-order valence-corrected chi connectivity index (χ4v) is 1.46. The molecule has 1 aromatic rings. The van der Waals surface area contributed by atoms with Crippen molar-refractivity contribution in [3.05, 3.63) is 28.8 Å². The molecule has 0 unspecified atom stereocenters. The lowest BCUT2D eigenvalue weighted by Crippen LogP contribution is -2.11. The fraction of sp³-hybridized carbons (Fsp3) is 0.462. The first-order chi connectivity index (χ1) is 7.34. The van der Waals surface area contributed by atoms with E-state index in [1.165, 1.54) is 0 Å². The van der Waals surface area contributed by atoms with E-state index >= 15 is 0 Å². The van der Waals surface area contributed by atoms with Crippen LogP contribution >= 0.6 is 11.6 Å². The summed E-state index contributed by atoms with van der Waals surface area (Å²) in [5.74, 6) is 0.159. The number of benzene rings is 1. The SMILES string of the molecule is CCC(=O)Oc1ccc(C(C)(C)C)cc1Cl. The molecule has 0 spiro atoms. The highest BCUT2D eigenvalue weighted by Crippen LogP contribution is 2.31. The molecule has 3 heteroatoms. The highest BCUT2D eigenvalue weighted by molar-refractivity contribution is 6.32. The lowest BCUT2D eigenvalue weighted by Gasteiger charge is -2.19. The van der Waals surface area contributed by atoms with Crippen molar-refractivity contribution in [3.8, 4) is 5.75 Å². The molecular formula is C13H17ClO2. The van der Waals surface area contributed by atoms with Gasteiger partial charge in [0.05, 0.1) is 5.02 Å². The summed E-state index contributed by atoms with van der Waals surface area (Å²) in [5.41, 5.74) is 1.16. The normalized spacial score (nSPS) is 11.3. The summed E-state index contributed by atoms with van der Waals surface area (Å²) in [4.78, 5) is 11.1. The molecule has 0 aliphatic heterocycles. The van der Waals surface area contributed by atoms with Gasteiger partial charge < -0.3 is 4.74 Å². The Morgan fingerprint density at radius 1 is 1.38 bits per heavy atom. The van der Waals surface area contributed by atoms with E-state index in [1.54, 1.807) is 13.0 Å². The minimum atomic E-state index is -0.273. The zero-order chi connectivity index (χ0) is 12.3. The van der Waals surface area contributed by atoms with Crippen LogP contribution in [0.25, 0.3) is 0 Å². The highest BCUT2D eigenvalue weighted by atomic mass is 35.5. The third kappa shape index (κ3) is 3.24. The van der Waals surface area contributed by atoms with Crippen LogP contribution < -0.4 is 4.74 Å². The number of carbonyl (C=O) groups is 1. The minimum absolute atomic E-state index is 0.0386. The average molecular weight is 241 g/mol. The van der Waals surface area contributed by atoms with Crippen molar-refractivity contribution < 1.29 is 9.53 Å². The van der Waals surface area contributed by atoms with Crippen molar-refractivity contribution in [3.63, 3.8) is 0 Å². The number of hydrogen-bond acceptors (Lipinski definition) is 2. The van der Waals surface area contributed by atoms with Crippen LogP contribution in [0.2, 0.25) is 5.02 Å². The van der Waals surface area contributed by atoms with E-state index in [2.05, 4.69) is 20.8 Å². The Morgan fingerprint density at radius 2 is 2.00 bits per heavy atom. The zero-order valence-electron chi connectivity index (χ0n) is 10.1. The molecule has 0 aliphatic rings. The van der Waals surface area contributed by atoms with Crippen molar-refractivity contribution in [1.82, 2.24) is 0 Å². The summed E-state index contributed by atoms with van der Waals surface area (Å²) in [6, 6.07) is 5.53. The Bertz CT molecular complexity index is 391. The maximum absolute atomic E-state index is 11.1. The number of esters is 1. The molecule has 0 saturated carbocycles. The van der Waals surface area contributed by atoms with Gasteiger partial charge >= 0.3 is 5.97 Å². The fourth-order valence-electron chi connectivity index (χ4n) is 1.24. The van der Waals surface area contributed by atoms with E-state index in [0.717, 1.165) is 5.56 Å². The topological polar surface area (TPSA) is 26.3 Å². The molecule has 0 atom stereocenters. The molecule has 0 bridgehead atoms. The molecule has 0 saturated heterocycles. The lowest BCUT2D eigenvalue weighted by atomic mass is 9.87. The molecule has 1 rings (SSSR count). The van der Waals surface area contributed by atoms with Crippen LogP contribution in [0.15, 0.2) is 18.2 Å². The number of rotatable bonds is 2. The summed E-state index contributed by atoms with van der Waals surface area (Å²) < 4.78 is 5.09. The maximum atomic E-state index is 11.1. The third-order valence-electron chi connectivity index (χ3n) is 2.31. The molecule has 1 aromatic carbocycles. The van der Waals surface area contributed by atoms with Gasteiger partial charge in [-0.25, -0.2) is 0 Å². The second-order valence-corrected chi connectivity index (χ2v) is 5.13. The average Bonchev–Trinajstić information content (AvgIpc) is 2.19. The van der Waals surface area contributed by atoms with Crippen LogP contribution in [0.4, 0.5) is 0 Å². The van der Waals surface area contributed by atoms with Crippen molar-refractivity contribution >= 4 is 17.6 Å². The summed E-state index contributed by atoms with van der Waals surface area (Å²) in [5, 5.41) is 0.481. The Balaban J connectivity index is 2.96. The van der Waals surface area contributed by atoms with Gasteiger partial charge in [0, 0.05) is 6.42 Å². The molecule has 2 nitrogen and oxygen atoms in total. The van der Waals surface area contributed by atoms with E-state index in [9.17, 15) is 4.79 Å². The molecule has 0 aliphatic carbocycles. The van der Waals surface area contributed by atoms with Gasteiger partial charge in [-0.1, -0.05) is 45.4 Å². The molecule has 88 valence electrons. The third-order valence-corrected chi connectivity index (χ3v) is 2.61. The largest absolute Gasteiger partial charge is 0.425 e. The first-order valence-electron chi connectivity index (χ1n) is 5.35. The Labute approximate surface area is 102 Å². The standard InChI is InChI=1S/C13H17ClO2/c1-5-12(15)16-11-7-6-9(8-10(11)14)13(2,3)4/h6-8H,5H2,1-4H3. The predicted molar refractivity (Wildman–Crippen MR) is 66.1 cm³/mol. The van der Waals surface area contributed by atoms with Crippen molar-refractivity contribution in [2.75, 3.05) is 0 Å². The number of halogens is 1. The van der Waals surface area contributed by atoms with E-state index in [-0.39, 0.29) is 11.4 Å². The van der Waals surface area contributed by atoms with Gasteiger partial charge in [0.15, 0.2) is 0 Å². The second kappa shape index (κ2) is 4.88. The molecular weight excluding hydrogens is 224 g/mol. The molecule has 0 heterocycles. The van der Waals surface area contributed by atoms with Gasteiger partial charge in [-0.2, -0.15) is 0 Å². The lowest BCUT2D eigenvalue weighted by molar-refractivity contribution is -0.134. The maximum Gasteiger partial charge on any atom is 0.310 e. The van der Waals surface area contributed by atoms with Gasteiger partial charge in [-0.05, 0) is 23.1 Å². The van der Waals surface area contributed by atoms with Gasteiger partial charge in [-0.3, -0.25) is 4.79 Å². The minimum Gasteiger partial charge on any atom is -0.425 e. The summed E-state index contributed by atoms with van der Waals surface area (Å²) in [6.45, 7) is 8.07. The predicted octanol–water partition coefficient (Wildman–Crippen LogP) is 3.95. The Hall–Kier alpha value is -1.02. The van der Waals surface area contributed by atoms with Gasteiger partial charge in [0.25, 0.3) is 0 Å². The van der Waals surface area contributed by atoms with Crippen LogP contribution in [-0.4, -0.2) is 5.97 Å². The zero-order valence-corrected chi connectivity index (χ0v) is 10.9. The van der Waals surface area contributed by atoms with Crippen molar-refractivity contribution in [2.45, 2.75) is 39.5 Å². The van der Waals surface area contributed by atoms with Gasteiger partial charge in [-0.15, -0.1) is 0 Å². The first-order valence-corrected chi connectivity index (χ1v) is 5.73. The molecule has 0 amide bonds. The van der Waals surface area contributed by atoms with Gasteiger partial charge in [0.1, 0.15) is 5.75 Å². The smallest absolute Gasteiger partial charge is 0.310 e. The van der Waals surface area contributed by atoms with Crippen LogP contribution in [0.5, 0.6) is 5.75 Å². The van der Waals surface area contributed by atoms with Gasteiger partial charge in [0.2, 0.25) is 0 Å². The Kier molecular flexibility index (Phi) is 3.98. The van der Waals surface area contributed by atoms with Crippen molar-refractivity contribution in [2.24, 2.45) is 0 Å². The van der Waals surface area contributed by atoms with Crippen LogP contribution in [0, 0.1) is 0 Å². The summed E-state index contributed by atoms with van der Waals surface area (Å²) in [6.07, 6.45) is 0.345. The van der Waals surface area contributed by atoms with E-state index < -0.39 is 0 Å². The summed E-state index contributed by atoms with van der Waals surface area (Å²) >= 11 is 6.06. The van der Waals surface area contributed by atoms with Crippen LogP contribution in [0.3, 0.4) is 0 Å². The molecule has 0 aromatic heterocycles. The van der Waals surface area contributed by atoms with E-state index in [0.29, 0.717) is 17.2 Å². The number of ether oxygens (including phenoxy) is 1. The highest BCUT2D eigenvalue weighted by Gasteiger charge is 2.16. The number of hydrogen-bond donors (Lipinski definition) is 0. The second-order valence-electron chi connectivity index (χ2n) is 4.72. The number of carbonyl (C=O) groups excluding carboxylic acids is 1. The summed E-state index contributed by atoms with van der Waals surface area (Å²) in [7, 11) is 0. The quantitative estimate of drug-likeness (QED) is 0.578. The molecule has 0 radical (unpaired) electrons. The van der Waals surface area contributed by atoms with E-state index in [4.69, 9.17) is 16.3 Å². The molecule has 0 N–H and O–H groups in total. The monoisotopic (exact) mass is 240 g/mol. The molecule has 0 fully saturated rings. The van der Waals surface area contributed by atoms with Crippen molar-refractivity contribution in [1.29, 1.82) is 0 Å². The van der Waals surface area contributed by atoms with Crippen LogP contribution in [-0.2, 0) is 10.2 Å². The first kappa shape index (κ1) is 13.0. The Morgan fingerprint density at radius 3 is 2.44 bits per heavy atom. The van der Waals surface area contributed by atoms with E-state index in [1.807, 2.05) is 12.1 Å². The van der Waals surface area contributed by atoms with Crippen LogP contribution in [0.1, 0.15) is 39.7 Å².